The minimum Gasteiger partial charge on any atom is -0.469 e. The molecule has 154 valence electrons. The number of nitrogens with one attached hydrogen (secondary N) is 2. The first-order valence-electron chi connectivity index (χ1n) is 10.4. The first-order chi connectivity index (χ1) is 13.3. The molecule has 0 unspecified atom stereocenters. The van der Waals surface area contributed by atoms with Gasteiger partial charge in [-0.1, -0.05) is 12.8 Å². The minimum atomic E-state index is 0.303. The second kappa shape index (κ2) is 12.8. The summed E-state index contributed by atoms with van der Waals surface area (Å²) in [6, 6.07) is 3.93. The predicted molar refractivity (Wildman–Crippen MR) is 109 cm³/mol. The molecule has 6 heteroatoms. The number of methoxy groups -OCH3 is 1. The number of hydrogen-bond donors (Lipinski definition) is 2. The minimum absolute atomic E-state index is 0.303. The average Bonchev–Trinajstić information content (AvgIpc) is 3.36. The largest absolute Gasteiger partial charge is 0.469 e. The highest BCUT2D eigenvalue weighted by atomic mass is 16.5. The highest BCUT2D eigenvalue weighted by molar-refractivity contribution is 5.79. The van der Waals surface area contributed by atoms with Crippen LogP contribution >= 0.6 is 0 Å². The van der Waals surface area contributed by atoms with Crippen molar-refractivity contribution in [1.29, 1.82) is 0 Å². The van der Waals surface area contributed by atoms with E-state index >= 15 is 0 Å². The molecule has 0 radical (unpaired) electrons. The highest BCUT2D eigenvalue weighted by Crippen LogP contribution is 2.41. The Kier molecular flexibility index (Phi) is 10.3. The molecule has 0 amide bonds. The van der Waals surface area contributed by atoms with Crippen molar-refractivity contribution < 1.29 is 13.9 Å². The number of nitrogens with zero attached hydrogens (tertiary/aromatic N) is 1. The number of hydrogen-bond acceptors (Lipinski definition) is 4. The molecule has 2 rings (SSSR count). The van der Waals surface area contributed by atoms with Gasteiger partial charge in [0.15, 0.2) is 5.96 Å². The smallest absolute Gasteiger partial charge is 0.191 e. The molecule has 1 heterocycles. The molecule has 1 aliphatic rings. The zero-order valence-corrected chi connectivity index (χ0v) is 17.1. The van der Waals surface area contributed by atoms with E-state index < -0.39 is 0 Å². The lowest BCUT2D eigenvalue weighted by molar-refractivity contribution is 0.141. The molecule has 6 nitrogen and oxygen atoms in total. The summed E-state index contributed by atoms with van der Waals surface area (Å²) in [7, 11) is 1.79. The van der Waals surface area contributed by atoms with Gasteiger partial charge in [0.25, 0.3) is 0 Å². The van der Waals surface area contributed by atoms with Crippen LogP contribution in [0, 0.1) is 5.41 Å². The van der Waals surface area contributed by atoms with Crippen LogP contribution in [0.1, 0.15) is 51.2 Å². The van der Waals surface area contributed by atoms with E-state index in [0.717, 1.165) is 70.4 Å². The van der Waals surface area contributed by atoms with Crippen molar-refractivity contribution in [3.63, 3.8) is 0 Å². The number of guanidine groups is 1. The Balaban J connectivity index is 1.86. The number of ether oxygens (including phenoxy) is 2. The van der Waals surface area contributed by atoms with Gasteiger partial charge in [-0.15, -0.1) is 0 Å². The summed E-state index contributed by atoms with van der Waals surface area (Å²) in [4.78, 5) is 4.93. The fourth-order valence-corrected chi connectivity index (χ4v) is 3.64. The van der Waals surface area contributed by atoms with Crippen LogP contribution in [-0.4, -0.2) is 52.5 Å². The van der Waals surface area contributed by atoms with Gasteiger partial charge in [0.1, 0.15) is 5.76 Å². The van der Waals surface area contributed by atoms with Gasteiger partial charge in [-0.2, -0.15) is 0 Å². The summed E-state index contributed by atoms with van der Waals surface area (Å²) in [6.07, 6.45) is 9.76. The van der Waals surface area contributed by atoms with Gasteiger partial charge in [0.2, 0.25) is 0 Å². The lowest BCUT2D eigenvalue weighted by atomic mass is 9.83. The van der Waals surface area contributed by atoms with Crippen molar-refractivity contribution in [2.75, 3.05) is 46.6 Å². The third-order valence-corrected chi connectivity index (χ3v) is 5.28. The van der Waals surface area contributed by atoms with E-state index in [-0.39, 0.29) is 0 Å². The van der Waals surface area contributed by atoms with E-state index in [1.54, 1.807) is 13.4 Å². The standard InChI is InChI=1S/C21H37N3O3/c1-3-26-15-7-13-22-20(23-14-9-19-8-6-16-27-19)24-18-21(12-17-25-2)10-4-5-11-21/h6,8,16H,3-5,7,9-15,17-18H2,1-2H3,(H2,22,23,24). The molecule has 1 aromatic heterocycles. The molecule has 27 heavy (non-hydrogen) atoms. The Morgan fingerprint density at radius 1 is 1.22 bits per heavy atom. The van der Waals surface area contributed by atoms with E-state index in [0.29, 0.717) is 5.41 Å². The van der Waals surface area contributed by atoms with E-state index in [1.165, 1.54) is 25.7 Å². The molecule has 0 atom stereocenters. The first-order valence-corrected chi connectivity index (χ1v) is 10.4. The molecular weight excluding hydrogens is 342 g/mol. The Labute approximate surface area is 164 Å². The second-order valence-electron chi connectivity index (χ2n) is 7.35. The molecule has 1 fully saturated rings. The molecule has 2 N–H and O–H groups in total. The van der Waals surface area contributed by atoms with Crippen molar-refractivity contribution in [3.05, 3.63) is 24.2 Å². The lowest BCUT2D eigenvalue weighted by Gasteiger charge is -2.27. The predicted octanol–water partition coefficient (Wildman–Crippen LogP) is 3.38. The quantitative estimate of drug-likeness (QED) is 0.312. The van der Waals surface area contributed by atoms with Gasteiger partial charge < -0.3 is 24.5 Å². The van der Waals surface area contributed by atoms with Crippen LogP contribution in [0.3, 0.4) is 0 Å². The summed E-state index contributed by atoms with van der Waals surface area (Å²) in [6.45, 7) is 6.91. The van der Waals surface area contributed by atoms with Crippen molar-refractivity contribution in [1.82, 2.24) is 10.6 Å². The van der Waals surface area contributed by atoms with Gasteiger partial charge in [-0.25, -0.2) is 0 Å². The van der Waals surface area contributed by atoms with Crippen molar-refractivity contribution in [2.45, 2.75) is 51.9 Å². The third kappa shape index (κ3) is 8.35. The van der Waals surface area contributed by atoms with Gasteiger partial charge >= 0.3 is 0 Å². The Morgan fingerprint density at radius 3 is 2.74 bits per heavy atom. The fourth-order valence-electron chi connectivity index (χ4n) is 3.64. The summed E-state index contributed by atoms with van der Waals surface area (Å²) in [5.41, 5.74) is 0.303. The monoisotopic (exact) mass is 379 g/mol. The van der Waals surface area contributed by atoms with Crippen LogP contribution < -0.4 is 10.6 Å². The van der Waals surface area contributed by atoms with E-state index in [2.05, 4.69) is 10.6 Å². The highest BCUT2D eigenvalue weighted by Gasteiger charge is 2.33. The van der Waals surface area contributed by atoms with Crippen LogP contribution in [-0.2, 0) is 15.9 Å². The third-order valence-electron chi connectivity index (χ3n) is 5.28. The zero-order valence-electron chi connectivity index (χ0n) is 17.1. The van der Waals surface area contributed by atoms with Gasteiger partial charge in [0, 0.05) is 53.0 Å². The molecule has 0 saturated heterocycles. The average molecular weight is 380 g/mol. The normalized spacial score (nSPS) is 16.6. The number of rotatable bonds is 13. The summed E-state index contributed by atoms with van der Waals surface area (Å²) >= 11 is 0. The van der Waals surface area contributed by atoms with E-state index in [4.69, 9.17) is 18.9 Å². The SMILES string of the molecule is CCOCCCNC(=NCC1(CCOC)CCCC1)NCCc1ccco1. The van der Waals surface area contributed by atoms with E-state index in [1.807, 2.05) is 19.1 Å². The van der Waals surface area contributed by atoms with Crippen LogP contribution in [0.25, 0.3) is 0 Å². The Morgan fingerprint density at radius 2 is 2.04 bits per heavy atom. The summed E-state index contributed by atoms with van der Waals surface area (Å²) in [5, 5.41) is 6.91. The molecule has 1 saturated carbocycles. The van der Waals surface area contributed by atoms with Crippen LogP contribution in [0.2, 0.25) is 0 Å². The maximum atomic E-state index is 5.42. The number of furan rings is 1. The molecular formula is C21H37N3O3. The number of aliphatic imine (C=N–C) groups is 1. The first kappa shape index (κ1) is 21.8. The molecule has 0 spiro atoms. The van der Waals surface area contributed by atoms with E-state index in [9.17, 15) is 0 Å². The van der Waals surface area contributed by atoms with Crippen molar-refractivity contribution >= 4 is 5.96 Å². The maximum Gasteiger partial charge on any atom is 0.191 e. The second-order valence-corrected chi connectivity index (χ2v) is 7.35. The van der Waals surface area contributed by atoms with Gasteiger partial charge in [-0.3, -0.25) is 4.99 Å². The molecule has 1 aliphatic carbocycles. The topological polar surface area (TPSA) is 68.0 Å². The van der Waals surface area contributed by atoms with Crippen molar-refractivity contribution in [3.8, 4) is 0 Å². The molecule has 1 aromatic rings. The van der Waals surface area contributed by atoms with Crippen LogP contribution in [0.4, 0.5) is 0 Å². The fraction of sp³-hybridized carbons (Fsp3) is 0.762. The van der Waals surface area contributed by atoms with Crippen molar-refractivity contribution in [2.24, 2.45) is 10.4 Å². The maximum absolute atomic E-state index is 5.42. The zero-order chi connectivity index (χ0) is 19.2. The van der Waals surface area contributed by atoms with Gasteiger partial charge in [0.05, 0.1) is 6.26 Å². The Bertz CT molecular complexity index is 511. The lowest BCUT2D eigenvalue weighted by Crippen LogP contribution is -2.40. The van der Waals surface area contributed by atoms with Crippen LogP contribution in [0.15, 0.2) is 27.8 Å². The summed E-state index contributed by atoms with van der Waals surface area (Å²) in [5.74, 6) is 1.88. The Hall–Kier alpha value is -1.53. The van der Waals surface area contributed by atoms with Gasteiger partial charge in [-0.05, 0) is 50.2 Å². The summed E-state index contributed by atoms with van der Waals surface area (Å²) < 4.78 is 16.2. The molecule has 0 bridgehead atoms. The van der Waals surface area contributed by atoms with Crippen LogP contribution in [0.5, 0.6) is 0 Å². The molecule has 0 aromatic carbocycles. The molecule has 0 aliphatic heterocycles.